The van der Waals surface area contributed by atoms with Crippen molar-refractivity contribution in [1.29, 1.82) is 0 Å². The van der Waals surface area contributed by atoms with Gasteiger partial charge in [0.25, 0.3) is 17.7 Å². The van der Waals surface area contributed by atoms with Crippen LogP contribution in [0.5, 0.6) is 0 Å². The smallest absolute Gasteiger partial charge is 0.262 e. The zero-order chi connectivity index (χ0) is 19.9. The van der Waals surface area contributed by atoms with Crippen LogP contribution in [0.2, 0.25) is 0 Å². The van der Waals surface area contributed by atoms with Gasteiger partial charge in [-0.2, -0.15) is 0 Å². The molecule has 0 spiro atoms. The van der Waals surface area contributed by atoms with Gasteiger partial charge in [0, 0.05) is 0 Å². The fraction of sp³-hybridized carbons (Fsp3) is 0.167. The van der Waals surface area contributed by atoms with Crippen LogP contribution in [0.25, 0.3) is 0 Å². The van der Waals surface area contributed by atoms with Gasteiger partial charge in [-0.1, -0.05) is 12.1 Å². The first kappa shape index (κ1) is 18.1. The number of fused-ring (bicyclic) bond motifs is 1. The van der Waals surface area contributed by atoms with E-state index in [1.165, 1.54) is 26.0 Å². The quantitative estimate of drug-likeness (QED) is 0.598. The number of carbonyl (C=O) groups excluding carboxylic acids is 5. The molecule has 27 heavy (non-hydrogen) atoms. The molecule has 0 unspecified atom stereocenters. The van der Waals surface area contributed by atoms with Crippen molar-refractivity contribution in [2.24, 2.45) is 5.73 Å². The summed E-state index contributed by atoms with van der Waals surface area (Å²) in [7, 11) is 0. The van der Waals surface area contributed by atoms with Gasteiger partial charge < -0.3 is 10.2 Å². The number of benzene rings is 1. The van der Waals surface area contributed by atoms with E-state index in [1.54, 1.807) is 12.1 Å². The normalized spacial score (nSPS) is 12.9. The van der Waals surface area contributed by atoms with Crippen LogP contribution >= 0.6 is 0 Å². The molecule has 0 radical (unpaired) electrons. The molecule has 0 bridgehead atoms. The maximum atomic E-state index is 12.3. The number of amides is 4. The zero-order valence-electron chi connectivity index (χ0n) is 14.5. The number of nitrogens with one attached hydrogen (secondary N) is 1. The summed E-state index contributed by atoms with van der Waals surface area (Å²) in [6, 6.07) is 6.21. The summed E-state index contributed by atoms with van der Waals surface area (Å²) in [6.07, 6.45) is 0. The average molecular weight is 369 g/mol. The number of imide groups is 1. The number of hydrogen-bond acceptors (Lipinski definition) is 6. The monoisotopic (exact) mass is 369 g/mol. The molecular formula is C18H15N3O6. The van der Waals surface area contributed by atoms with Crippen molar-refractivity contribution in [2.45, 2.75) is 13.8 Å². The highest BCUT2D eigenvalue weighted by molar-refractivity contribution is 6.22. The molecule has 1 aromatic heterocycles. The van der Waals surface area contributed by atoms with E-state index in [9.17, 15) is 24.0 Å². The number of hydrogen-bond donors (Lipinski definition) is 2. The number of carbonyl (C=O) groups is 5. The van der Waals surface area contributed by atoms with E-state index in [2.05, 4.69) is 5.32 Å². The van der Waals surface area contributed by atoms with Gasteiger partial charge in [0.05, 0.1) is 16.7 Å². The lowest BCUT2D eigenvalue weighted by Crippen LogP contribution is -2.37. The molecule has 3 rings (SSSR count). The van der Waals surface area contributed by atoms with Crippen LogP contribution in [-0.2, 0) is 4.79 Å². The Labute approximate surface area is 153 Å². The first-order chi connectivity index (χ1) is 12.7. The van der Waals surface area contributed by atoms with Gasteiger partial charge in [-0.25, -0.2) is 0 Å². The summed E-state index contributed by atoms with van der Waals surface area (Å²) in [5.74, 6) is -3.56. The largest absolute Gasteiger partial charge is 0.444 e. The summed E-state index contributed by atoms with van der Waals surface area (Å²) in [5.41, 5.74) is 5.42. The fourth-order valence-electron chi connectivity index (χ4n) is 2.98. The Morgan fingerprint density at radius 1 is 1.07 bits per heavy atom. The maximum absolute atomic E-state index is 12.3. The standard InChI is InChI=1S/C18H15N3O6/c1-8(22)13-9(2)27-16(14(13)15(19)24)20-12(23)7-21-17(25)10-5-3-4-6-11(10)18(21)26/h3-6H,7H2,1-2H3,(H2,19,24)(H,20,23). The number of nitrogens with two attached hydrogens (primary N) is 1. The highest BCUT2D eigenvalue weighted by Gasteiger charge is 2.36. The Hall–Kier alpha value is -3.75. The molecule has 0 fully saturated rings. The van der Waals surface area contributed by atoms with Gasteiger partial charge in [-0.3, -0.25) is 34.2 Å². The molecule has 0 atom stereocenters. The number of rotatable bonds is 5. The molecule has 1 aliphatic rings. The van der Waals surface area contributed by atoms with E-state index in [1.807, 2.05) is 0 Å². The van der Waals surface area contributed by atoms with E-state index in [-0.39, 0.29) is 33.9 Å². The van der Waals surface area contributed by atoms with E-state index >= 15 is 0 Å². The second kappa shape index (κ2) is 6.52. The zero-order valence-corrected chi connectivity index (χ0v) is 14.5. The molecule has 9 heteroatoms. The molecule has 0 saturated heterocycles. The van der Waals surface area contributed by atoms with Crippen molar-refractivity contribution >= 4 is 35.3 Å². The number of furan rings is 1. The third-order valence-electron chi connectivity index (χ3n) is 4.12. The predicted molar refractivity (Wildman–Crippen MR) is 92.4 cm³/mol. The topological polar surface area (TPSA) is 140 Å². The Balaban J connectivity index is 1.83. The third-order valence-corrected chi connectivity index (χ3v) is 4.12. The lowest BCUT2D eigenvalue weighted by atomic mass is 10.1. The minimum Gasteiger partial charge on any atom is -0.444 e. The van der Waals surface area contributed by atoms with E-state index in [4.69, 9.17) is 10.2 Å². The summed E-state index contributed by atoms with van der Waals surface area (Å²) in [5, 5.41) is 2.30. The van der Waals surface area contributed by atoms with Crippen molar-refractivity contribution in [3.63, 3.8) is 0 Å². The SMILES string of the molecule is CC(=O)c1c(C)oc(NC(=O)CN2C(=O)c3ccccc3C2=O)c1C(N)=O. The highest BCUT2D eigenvalue weighted by Crippen LogP contribution is 2.28. The second-order valence-corrected chi connectivity index (χ2v) is 5.95. The van der Waals surface area contributed by atoms with Crippen LogP contribution in [0, 0.1) is 6.92 Å². The van der Waals surface area contributed by atoms with Crippen LogP contribution in [0.3, 0.4) is 0 Å². The van der Waals surface area contributed by atoms with Crippen molar-refractivity contribution in [3.8, 4) is 0 Å². The molecule has 3 N–H and O–H groups in total. The second-order valence-electron chi connectivity index (χ2n) is 5.95. The molecule has 2 aromatic rings. The minimum atomic E-state index is -0.951. The summed E-state index contributed by atoms with van der Waals surface area (Å²) in [6.45, 7) is 2.09. The summed E-state index contributed by atoms with van der Waals surface area (Å²) in [4.78, 5) is 61.1. The molecule has 1 aromatic carbocycles. The molecule has 138 valence electrons. The van der Waals surface area contributed by atoms with E-state index < -0.39 is 36.0 Å². The van der Waals surface area contributed by atoms with Crippen molar-refractivity contribution in [3.05, 3.63) is 52.3 Å². The summed E-state index contributed by atoms with van der Waals surface area (Å²) < 4.78 is 5.28. The van der Waals surface area contributed by atoms with Gasteiger partial charge in [0.2, 0.25) is 11.8 Å². The number of anilines is 1. The Bertz CT molecular complexity index is 985. The molecule has 0 saturated carbocycles. The first-order valence-corrected chi connectivity index (χ1v) is 7.91. The van der Waals surface area contributed by atoms with Crippen LogP contribution in [-0.4, -0.2) is 40.9 Å². The molecule has 0 aliphatic carbocycles. The number of primary amides is 1. The van der Waals surface area contributed by atoms with Crippen molar-refractivity contribution in [2.75, 3.05) is 11.9 Å². The van der Waals surface area contributed by atoms with Gasteiger partial charge >= 0.3 is 0 Å². The summed E-state index contributed by atoms with van der Waals surface area (Å²) >= 11 is 0. The first-order valence-electron chi connectivity index (χ1n) is 7.91. The van der Waals surface area contributed by atoms with Crippen LogP contribution in [0.1, 0.15) is 54.1 Å². The highest BCUT2D eigenvalue weighted by atomic mass is 16.4. The van der Waals surface area contributed by atoms with Gasteiger partial charge in [0.15, 0.2) is 5.78 Å². The van der Waals surface area contributed by atoms with Crippen LogP contribution in [0.4, 0.5) is 5.88 Å². The van der Waals surface area contributed by atoms with E-state index in [0.717, 1.165) is 4.90 Å². The Morgan fingerprint density at radius 2 is 1.63 bits per heavy atom. The number of ketones is 1. The predicted octanol–water partition coefficient (Wildman–Crippen LogP) is 1.12. The molecule has 1 aliphatic heterocycles. The Morgan fingerprint density at radius 3 is 2.11 bits per heavy atom. The minimum absolute atomic E-state index is 0.0291. The van der Waals surface area contributed by atoms with Gasteiger partial charge in [-0.05, 0) is 26.0 Å². The number of nitrogens with zero attached hydrogens (tertiary/aromatic N) is 1. The molecule has 2 heterocycles. The van der Waals surface area contributed by atoms with Crippen molar-refractivity contribution in [1.82, 2.24) is 4.90 Å². The third kappa shape index (κ3) is 2.99. The molecule has 9 nitrogen and oxygen atoms in total. The molecule has 4 amide bonds. The molecular weight excluding hydrogens is 354 g/mol. The lowest BCUT2D eigenvalue weighted by Gasteiger charge is -2.13. The van der Waals surface area contributed by atoms with Gasteiger partial charge in [0.1, 0.15) is 17.9 Å². The fourth-order valence-corrected chi connectivity index (χ4v) is 2.98. The maximum Gasteiger partial charge on any atom is 0.262 e. The lowest BCUT2D eigenvalue weighted by molar-refractivity contribution is -0.116. The number of Topliss-reactive ketones (excluding diaryl/α,β-unsaturated/α-hetero) is 1. The Kier molecular flexibility index (Phi) is 4.36. The van der Waals surface area contributed by atoms with Gasteiger partial charge in [-0.15, -0.1) is 0 Å². The average Bonchev–Trinajstić information content (AvgIpc) is 3.05. The number of aryl methyl sites for hydroxylation is 1. The van der Waals surface area contributed by atoms with E-state index in [0.29, 0.717) is 0 Å². The van der Waals surface area contributed by atoms with Crippen LogP contribution < -0.4 is 11.1 Å². The van der Waals surface area contributed by atoms with Crippen LogP contribution in [0.15, 0.2) is 28.7 Å². The van der Waals surface area contributed by atoms with Crippen molar-refractivity contribution < 1.29 is 28.4 Å².